The Kier molecular flexibility index (Phi) is 7.73. The van der Waals surface area contributed by atoms with E-state index in [0.717, 1.165) is 11.3 Å². The van der Waals surface area contributed by atoms with Crippen LogP contribution in [-0.2, 0) is 19.6 Å². The fourth-order valence-corrected chi connectivity index (χ4v) is 4.77. The van der Waals surface area contributed by atoms with Crippen LogP contribution in [0.4, 0.5) is 0 Å². The molecule has 2 aromatic rings. The molecule has 31 heavy (non-hydrogen) atoms. The third-order valence-corrected chi connectivity index (χ3v) is 11.6. The molecule has 2 aromatic carbocycles. The zero-order chi connectivity index (χ0) is 23.4. The molecule has 0 fully saturated rings. The van der Waals surface area contributed by atoms with E-state index in [1.165, 1.54) is 19.2 Å². The fourth-order valence-electron chi connectivity index (χ4n) is 2.69. The molecule has 0 bridgehead atoms. The number of nitrogens with one attached hydrogen (secondary N) is 1. The monoisotopic (exact) mass is 463 g/mol. The Morgan fingerprint density at radius 3 is 2.06 bits per heavy atom. The summed E-state index contributed by atoms with van der Waals surface area (Å²) in [5, 5.41) is 0.0640. The van der Waals surface area contributed by atoms with Crippen molar-refractivity contribution in [1.29, 1.82) is 0 Å². The third-order valence-electron chi connectivity index (χ3n) is 5.76. The molecule has 0 aliphatic rings. The second-order valence-electron chi connectivity index (χ2n) is 9.17. The number of ether oxygens (including phenoxy) is 1. The van der Waals surface area contributed by atoms with Gasteiger partial charge in [-0.05, 0) is 54.9 Å². The maximum absolute atomic E-state index is 12.6. The Morgan fingerprint density at radius 2 is 1.58 bits per heavy atom. The first-order chi connectivity index (χ1) is 14.3. The largest absolute Gasteiger partial charge is 0.544 e. The van der Waals surface area contributed by atoms with E-state index in [4.69, 9.17) is 9.16 Å². The molecule has 0 spiro atoms. The number of methoxy groups -OCH3 is 1. The van der Waals surface area contributed by atoms with Crippen LogP contribution in [0.1, 0.15) is 37.8 Å². The minimum absolute atomic E-state index is 0.0640. The number of benzene rings is 2. The lowest BCUT2D eigenvalue weighted by Crippen LogP contribution is -2.43. The highest BCUT2D eigenvalue weighted by Crippen LogP contribution is 2.37. The molecule has 1 atom stereocenters. The van der Waals surface area contributed by atoms with Gasteiger partial charge in [0.05, 0.1) is 17.9 Å². The summed E-state index contributed by atoms with van der Waals surface area (Å²) < 4.78 is 39.0. The SMILES string of the molecule is COC(=O)[C@@H](CNS(=O)(=O)c1ccc(C)cc1)c1ccc(O[Si](C)(C)C(C)(C)C)cc1. The van der Waals surface area contributed by atoms with Gasteiger partial charge in [0.2, 0.25) is 18.3 Å². The molecule has 0 aliphatic heterocycles. The zero-order valence-corrected chi connectivity index (χ0v) is 21.2. The first-order valence-electron chi connectivity index (χ1n) is 10.2. The van der Waals surface area contributed by atoms with Crippen molar-refractivity contribution in [3.63, 3.8) is 0 Å². The van der Waals surface area contributed by atoms with Gasteiger partial charge < -0.3 is 9.16 Å². The number of hydrogen-bond donors (Lipinski definition) is 1. The minimum Gasteiger partial charge on any atom is -0.544 e. The van der Waals surface area contributed by atoms with Gasteiger partial charge in [-0.15, -0.1) is 0 Å². The average molecular weight is 464 g/mol. The summed E-state index contributed by atoms with van der Waals surface area (Å²) in [7, 11) is -4.44. The summed E-state index contributed by atoms with van der Waals surface area (Å²) in [6.45, 7) is 12.6. The van der Waals surface area contributed by atoms with E-state index in [0.29, 0.717) is 5.56 Å². The van der Waals surface area contributed by atoms with Crippen LogP contribution in [0.25, 0.3) is 0 Å². The minimum atomic E-state index is -3.75. The number of aryl methyl sites for hydroxylation is 1. The average Bonchev–Trinajstić information content (AvgIpc) is 2.68. The number of carbonyl (C=O) groups is 1. The van der Waals surface area contributed by atoms with Crippen LogP contribution in [-0.4, -0.2) is 36.4 Å². The van der Waals surface area contributed by atoms with Crippen molar-refractivity contribution < 1.29 is 22.4 Å². The van der Waals surface area contributed by atoms with Gasteiger partial charge in [-0.2, -0.15) is 0 Å². The lowest BCUT2D eigenvalue weighted by atomic mass is 9.99. The van der Waals surface area contributed by atoms with Crippen molar-refractivity contribution in [2.24, 2.45) is 0 Å². The van der Waals surface area contributed by atoms with E-state index in [2.05, 4.69) is 38.6 Å². The Hall–Kier alpha value is -2.16. The second-order valence-corrected chi connectivity index (χ2v) is 15.7. The van der Waals surface area contributed by atoms with Crippen molar-refractivity contribution in [2.75, 3.05) is 13.7 Å². The molecule has 170 valence electrons. The van der Waals surface area contributed by atoms with Crippen molar-refractivity contribution in [3.05, 3.63) is 59.7 Å². The zero-order valence-electron chi connectivity index (χ0n) is 19.4. The summed E-state index contributed by atoms with van der Waals surface area (Å²) >= 11 is 0. The molecule has 6 nitrogen and oxygen atoms in total. The second kappa shape index (κ2) is 9.54. The van der Waals surface area contributed by atoms with E-state index in [1.807, 2.05) is 19.1 Å². The molecule has 0 saturated carbocycles. The van der Waals surface area contributed by atoms with Crippen LogP contribution in [0.15, 0.2) is 53.4 Å². The first kappa shape index (κ1) is 25.1. The maximum atomic E-state index is 12.6. The lowest BCUT2D eigenvalue weighted by molar-refractivity contribution is -0.142. The molecule has 0 heterocycles. The maximum Gasteiger partial charge on any atom is 0.314 e. The molecular weight excluding hydrogens is 430 g/mol. The molecule has 0 radical (unpaired) electrons. The summed E-state index contributed by atoms with van der Waals surface area (Å²) in [5.41, 5.74) is 1.62. The number of hydrogen-bond acceptors (Lipinski definition) is 5. The number of carbonyl (C=O) groups excluding carboxylic acids is 1. The Balaban J connectivity index is 2.19. The molecule has 0 amide bonds. The molecule has 0 aromatic heterocycles. The molecular formula is C23H33NO5SSi. The molecule has 1 N–H and O–H groups in total. The van der Waals surface area contributed by atoms with Gasteiger partial charge in [-0.25, -0.2) is 13.1 Å². The van der Waals surface area contributed by atoms with Gasteiger partial charge >= 0.3 is 5.97 Å². The Labute approximate surface area is 187 Å². The van der Waals surface area contributed by atoms with Gasteiger partial charge in [-0.3, -0.25) is 4.79 Å². The quantitative estimate of drug-likeness (QED) is 0.456. The van der Waals surface area contributed by atoms with E-state index in [-0.39, 0.29) is 16.5 Å². The highest BCUT2D eigenvalue weighted by atomic mass is 32.2. The van der Waals surface area contributed by atoms with Crippen LogP contribution in [0.2, 0.25) is 18.1 Å². The van der Waals surface area contributed by atoms with Crippen molar-refractivity contribution in [3.8, 4) is 5.75 Å². The van der Waals surface area contributed by atoms with Gasteiger partial charge in [0.15, 0.2) is 0 Å². The van der Waals surface area contributed by atoms with Crippen LogP contribution >= 0.6 is 0 Å². The summed E-state index contributed by atoms with van der Waals surface area (Å²) in [5.74, 6) is -0.545. The standard InChI is InChI=1S/C23H33NO5SSi/c1-17-8-14-20(15-9-17)30(26,27)24-16-21(22(25)28-5)18-10-12-19(13-11-18)29-31(6,7)23(2,3)4/h8-15,21,24H,16H2,1-7H3/t21-/m0/s1. The van der Waals surface area contributed by atoms with Gasteiger partial charge in [0.25, 0.3) is 0 Å². The van der Waals surface area contributed by atoms with Gasteiger partial charge in [-0.1, -0.05) is 50.6 Å². The van der Waals surface area contributed by atoms with E-state index in [9.17, 15) is 13.2 Å². The van der Waals surface area contributed by atoms with Gasteiger partial charge in [0, 0.05) is 6.54 Å². The first-order valence-corrected chi connectivity index (χ1v) is 14.6. The van der Waals surface area contributed by atoms with Crippen LogP contribution in [0.3, 0.4) is 0 Å². The predicted molar refractivity (Wildman–Crippen MR) is 125 cm³/mol. The molecule has 0 unspecified atom stereocenters. The normalized spacial score (nSPS) is 13.5. The van der Waals surface area contributed by atoms with Crippen LogP contribution in [0.5, 0.6) is 5.75 Å². The molecule has 0 saturated heterocycles. The Bertz CT molecular complexity index is 994. The smallest absolute Gasteiger partial charge is 0.314 e. The van der Waals surface area contributed by atoms with Crippen LogP contribution < -0.4 is 9.15 Å². The number of esters is 1. The van der Waals surface area contributed by atoms with E-state index >= 15 is 0 Å². The lowest BCUT2D eigenvalue weighted by Gasteiger charge is -2.36. The van der Waals surface area contributed by atoms with Crippen molar-refractivity contribution >= 4 is 24.3 Å². The third kappa shape index (κ3) is 6.41. The highest BCUT2D eigenvalue weighted by molar-refractivity contribution is 7.89. The highest BCUT2D eigenvalue weighted by Gasteiger charge is 2.39. The predicted octanol–water partition coefficient (Wildman–Crippen LogP) is 4.61. The molecule has 0 aliphatic carbocycles. The van der Waals surface area contributed by atoms with Crippen LogP contribution in [0, 0.1) is 6.92 Å². The fraction of sp³-hybridized carbons (Fsp3) is 0.435. The van der Waals surface area contributed by atoms with Crippen molar-refractivity contribution in [1.82, 2.24) is 4.72 Å². The molecule has 2 rings (SSSR count). The summed E-state index contributed by atoms with van der Waals surface area (Å²) in [6, 6.07) is 13.7. The van der Waals surface area contributed by atoms with E-state index in [1.54, 1.807) is 24.3 Å². The van der Waals surface area contributed by atoms with E-state index < -0.39 is 30.2 Å². The summed E-state index contributed by atoms with van der Waals surface area (Å²) in [6.07, 6.45) is 0. The number of rotatable bonds is 8. The van der Waals surface area contributed by atoms with Gasteiger partial charge in [0.1, 0.15) is 5.75 Å². The van der Waals surface area contributed by atoms with Crippen molar-refractivity contribution in [2.45, 2.75) is 56.6 Å². The summed E-state index contributed by atoms with van der Waals surface area (Å²) in [4.78, 5) is 12.5. The molecule has 8 heteroatoms. The topological polar surface area (TPSA) is 81.7 Å². The Morgan fingerprint density at radius 1 is 1.03 bits per heavy atom. The number of sulfonamides is 1.